The van der Waals surface area contributed by atoms with Crippen LogP contribution < -0.4 is 4.74 Å². The molecule has 1 nitrogen and oxygen atoms in total. The molecule has 0 heterocycles. The van der Waals surface area contributed by atoms with Gasteiger partial charge in [0.2, 0.25) is 0 Å². The van der Waals surface area contributed by atoms with Crippen molar-refractivity contribution in [2.24, 2.45) is 0 Å². The highest BCUT2D eigenvalue weighted by Gasteiger charge is 2.15. The minimum atomic E-state index is -0.311. The van der Waals surface area contributed by atoms with E-state index < -0.39 is 0 Å². The summed E-state index contributed by atoms with van der Waals surface area (Å²) in [4.78, 5) is 0. The molecular formula is C15H13Cl3O. The van der Waals surface area contributed by atoms with E-state index in [1.54, 1.807) is 13.2 Å². The van der Waals surface area contributed by atoms with Gasteiger partial charge < -0.3 is 4.74 Å². The van der Waals surface area contributed by atoms with E-state index in [-0.39, 0.29) is 5.38 Å². The predicted octanol–water partition coefficient (Wildman–Crippen LogP) is 5.64. The Morgan fingerprint density at radius 3 is 2.32 bits per heavy atom. The predicted molar refractivity (Wildman–Crippen MR) is 81.9 cm³/mol. The lowest BCUT2D eigenvalue weighted by molar-refractivity contribution is 0.414. The van der Waals surface area contributed by atoms with Gasteiger partial charge in [-0.1, -0.05) is 41.4 Å². The number of hydrogen-bond acceptors (Lipinski definition) is 1. The van der Waals surface area contributed by atoms with E-state index in [1.165, 1.54) is 0 Å². The van der Waals surface area contributed by atoms with Crippen molar-refractivity contribution in [3.05, 3.63) is 63.1 Å². The number of benzene rings is 2. The van der Waals surface area contributed by atoms with Gasteiger partial charge in [-0.2, -0.15) is 0 Å². The van der Waals surface area contributed by atoms with Crippen LogP contribution in [0.1, 0.15) is 22.1 Å². The summed E-state index contributed by atoms with van der Waals surface area (Å²) in [5.74, 6) is 0.713. The first-order valence-corrected chi connectivity index (χ1v) is 6.95. The fourth-order valence-corrected chi connectivity index (χ4v) is 2.62. The Morgan fingerprint density at radius 1 is 1.00 bits per heavy atom. The average Bonchev–Trinajstić information content (AvgIpc) is 2.41. The van der Waals surface area contributed by atoms with Gasteiger partial charge in [0.1, 0.15) is 5.75 Å². The van der Waals surface area contributed by atoms with E-state index >= 15 is 0 Å². The summed E-state index contributed by atoms with van der Waals surface area (Å²) in [6.45, 7) is 1.95. The maximum atomic E-state index is 6.49. The zero-order chi connectivity index (χ0) is 14.0. The molecule has 0 spiro atoms. The summed E-state index contributed by atoms with van der Waals surface area (Å²) in [6, 6.07) is 11.2. The van der Waals surface area contributed by atoms with Crippen LogP contribution in [0.3, 0.4) is 0 Å². The highest BCUT2D eigenvalue weighted by molar-refractivity contribution is 6.33. The first-order valence-electron chi connectivity index (χ1n) is 5.76. The molecule has 2 aromatic rings. The fraction of sp³-hybridized carbons (Fsp3) is 0.200. The van der Waals surface area contributed by atoms with Gasteiger partial charge in [0.25, 0.3) is 0 Å². The Labute approximate surface area is 128 Å². The molecule has 2 rings (SSSR count). The number of halogens is 3. The third kappa shape index (κ3) is 3.17. The van der Waals surface area contributed by atoms with Crippen molar-refractivity contribution in [1.82, 2.24) is 0 Å². The van der Waals surface area contributed by atoms with Crippen LogP contribution in [-0.4, -0.2) is 7.11 Å². The molecule has 100 valence electrons. The molecule has 19 heavy (non-hydrogen) atoms. The van der Waals surface area contributed by atoms with Crippen molar-refractivity contribution in [1.29, 1.82) is 0 Å². The summed E-state index contributed by atoms with van der Waals surface area (Å²) in [7, 11) is 1.60. The van der Waals surface area contributed by atoms with Gasteiger partial charge in [0, 0.05) is 10.0 Å². The summed E-state index contributed by atoms with van der Waals surface area (Å²) < 4.78 is 5.13. The molecule has 1 unspecified atom stereocenters. The molecule has 4 heteroatoms. The van der Waals surface area contributed by atoms with Gasteiger partial charge >= 0.3 is 0 Å². The molecule has 2 aromatic carbocycles. The van der Waals surface area contributed by atoms with Gasteiger partial charge in [0.15, 0.2) is 0 Å². The lowest BCUT2D eigenvalue weighted by atomic mass is 10.0. The Balaban J connectivity index is 2.38. The molecule has 0 saturated carbocycles. The van der Waals surface area contributed by atoms with Gasteiger partial charge in [0.05, 0.1) is 12.5 Å². The first-order chi connectivity index (χ1) is 9.02. The summed E-state index contributed by atoms with van der Waals surface area (Å²) >= 11 is 18.7. The van der Waals surface area contributed by atoms with Gasteiger partial charge in [-0.25, -0.2) is 0 Å². The van der Waals surface area contributed by atoms with Crippen LogP contribution in [0.15, 0.2) is 36.4 Å². The van der Waals surface area contributed by atoms with Crippen molar-refractivity contribution in [3.63, 3.8) is 0 Å². The molecule has 0 aliphatic heterocycles. The average molecular weight is 316 g/mol. The molecule has 0 fully saturated rings. The van der Waals surface area contributed by atoms with E-state index in [2.05, 4.69) is 0 Å². The number of methoxy groups -OCH3 is 1. The van der Waals surface area contributed by atoms with Crippen LogP contribution in [0.25, 0.3) is 0 Å². The topological polar surface area (TPSA) is 9.23 Å². The quantitative estimate of drug-likeness (QED) is 0.666. The standard InChI is InChI=1S/C15H13Cl3O/c1-9-7-10(3-6-13(9)16)15(18)12-5-4-11(19-2)8-14(12)17/h3-8,15H,1-2H3. The van der Waals surface area contributed by atoms with E-state index in [0.29, 0.717) is 10.8 Å². The highest BCUT2D eigenvalue weighted by Crippen LogP contribution is 2.36. The van der Waals surface area contributed by atoms with Crippen LogP contribution in [-0.2, 0) is 0 Å². The van der Waals surface area contributed by atoms with Crippen molar-refractivity contribution >= 4 is 34.8 Å². The van der Waals surface area contributed by atoms with E-state index in [1.807, 2.05) is 37.3 Å². The molecule has 0 amide bonds. The molecule has 0 saturated heterocycles. The highest BCUT2D eigenvalue weighted by atomic mass is 35.5. The molecule has 0 radical (unpaired) electrons. The van der Waals surface area contributed by atoms with Crippen LogP contribution in [0, 0.1) is 6.92 Å². The minimum absolute atomic E-state index is 0.311. The Morgan fingerprint density at radius 2 is 1.74 bits per heavy atom. The lowest BCUT2D eigenvalue weighted by Crippen LogP contribution is -1.96. The van der Waals surface area contributed by atoms with Crippen LogP contribution in [0.4, 0.5) is 0 Å². The normalized spacial score (nSPS) is 12.3. The van der Waals surface area contributed by atoms with E-state index in [9.17, 15) is 0 Å². The number of rotatable bonds is 3. The molecule has 0 N–H and O–H groups in total. The van der Waals surface area contributed by atoms with E-state index in [4.69, 9.17) is 39.5 Å². The Hall–Kier alpha value is -0.890. The maximum Gasteiger partial charge on any atom is 0.120 e. The van der Waals surface area contributed by atoms with E-state index in [0.717, 1.165) is 21.7 Å². The Bertz CT molecular complexity index is 596. The largest absolute Gasteiger partial charge is 0.497 e. The molecule has 0 bridgehead atoms. The molecule has 0 aromatic heterocycles. The number of hydrogen-bond donors (Lipinski definition) is 0. The number of alkyl halides is 1. The molecular weight excluding hydrogens is 303 g/mol. The summed E-state index contributed by atoms with van der Waals surface area (Å²) in [6.07, 6.45) is 0. The third-order valence-electron chi connectivity index (χ3n) is 2.96. The van der Waals surface area contributed by atoms with Crippen LogP contribution in [0.2, 0.25) is 10.0 Å². The zero-order valence-electron chi connectivity index (χ0n) is 10.6. The molecule has 0 aliphatic carbocycles. The zero-order valence-corrected chi connectivity index (χ0v) is 12.9. The van der Waals surface area contributed by atoms with Crippen LogP contribution >= 0.6 is 34.8 Å². The number of aryl methyl sites for hydroxylation is 1. The SMILES string of the molecule is COc1ccc(C(Cl)c2ccc(Cl)c(C)c2)c(Cl)c1. The number of ether oxygens (including phenoxy) is 1. The van der Waals surface area contributed by atoms with Gasteiger partial charge in [-0.05, 0) is 41.8 Å². The third-order valence-corrected chi connectivity index (χ3v) is 4.19. The molecule has 1 atom stereocenters. The molecule has 0 aliphatic rings. The van der Waals surface area contributed by atoms with Gasteiger partial charge in [-0.15, -0.1) is 11.6 Å². The van der Waals surface area contributed by atoms with Crippen molar-refractivity contribution in [3.8, 4) is 5.75 Å². The lowest BCUT2D eigenvalue weighted by Gasteiger charge is -2.14. The summed E-state index contributed by atoms with van der Waals surface area (Å²) in [5, 5.41) is 1.01. The Kier molecular flexibility index (Phi) is 4.62. The van der Waals surface area contributed by atoms with Crippen molar-refractivity contribution in [2.75, 3.05) is 7.11 Å². The minimum Gasteiger partial charge on any atom is -0.497 e. The van der Waals surface area contributed by atoms with Crippen molar-refractivity contribution in [2.45, 2.75) is 12.3 Å². The maximum absolute atomic E-state index is 6.49. The van der Waals surface area contributed by atoms with Crippen LogP contribution in [0.5, 0.6) is 5.75 Å². The second-order valence-electron chi connectivity index (χ2n) is 4.26. The fourth-order valence-electron chi connectivity index (χ4n) is 1.85. The second-order valence-corrected chi connectivity index (χ2v) is 5.51. The van der Waals surface area contributed by atoms with Crippen molar-refractivity contribution < 1.29 is 4.74 Å². The smallest absolute Gasteiger partial charge is 0.120 e. The second kappa shape index (κ2) is 6.04. The van der Waals surface area contributed by atoms with Gasteiger partial charge in [-0.3, -0.25) is 0 Å². The monoisotopic (exact) mass is 314 g/mol. The first kappa shape index (κ1) is 14.5. The summed E-state index contributed by atoms with van der Waals surface area (Å²) in [5.41, 5.74) is 2.82.